The van der Waals surface area contributed by atoms with Crippen LogP contribution in [0.1, 0.15) is 60.9 Å². The molecule has 1 saturated carbocycles. The van der Waals surface area contributed by atoms with Crippen LogP contribution in [0.15, 0.2) is 60.7 Å². The van der Waals surface area contributed by atoms with Crippen LogP contribution in [-0.4, -0.2) is 6.29 Å². The maximum atomic E-state index is 10.8. The SMILES string of the molecule is CCC=CC1CCC(c2ccc(-c3ccc(C=O)cc3)cc2)CC1. The predicted molar refractivity (Wildman–Crippen MR) is 101 cm³/mol. The fraction of sp³-hybridized carbons (Fsp3) is 0.348. The van der Waals surface area contributed by atoms with Gasteiger partial charge < -0.3 is 0 Å². The first kappa shape index (κ1) is 16.7. The van der Waals surface area contributed by atoms with Crippen LogP contribution in [0.4, 0.5) is 0 Å². The summed E-state index contributed by atoms with van der Waals surface area (Å²) < 4.78 is 0. The van der Waals surface area contributed by atoms with Crippen LogP contribution in [-0.2, 0) is 0 Å². The third-order valence-corrected chi connectivity index (χ3v) is 5.18. The van der Waals surface area contributed by atoms with Crippen molar-refractivity contribution in [2.45, 2.75) is 44.9 Å². The average Bonchev–Trinajstić information content (AvgIpc) is 2.67. The zero-order chi connectivity index (χ0) is 16.8. The number of hydrogen-bond acceptors (Lipinski definition) is 1. The minimum absolute atomic E-state index is 0.711. The Labute approximate surface area is 145 Å². The first-order valence-corrected chi connectivity index (χ1v) is 9.12. The maximum Gasteiger partial charge on any atom is 0.150 e. The molecule has 1 nitrogen and oxygen atoms in total. The van der Waals surface area contributed by atoms with Gasteiger partial charge in [-0.25, -0.2) is 0 Å². The van der Waals surface area contributed by atoms with Crippen LogP contribution in [0.25, 0.3) is 11.1 Å². The van der Waals surface area contributed by atoms with E-state index in [1.165, 1.54) is 42.4 Å². The highest BCUT2D eigenvalue weighted by molar-refractivity contribution is 5.76. The van der Waals surface area contributed by atoms with Crippen molar-refractivity contribution in [3.8, 4) is 11.1 Å². The minimum Gasteiger partial charge on any atom is -0.298 e. The Morgan fingerprint density at radius 3 is 2.00 bits per heavy atom. The van der Waals surface area contributed by atoms with Gasteiger partial charge in [-0.1, -0.05) is 67.6 Å². The lowest BCUT2D eigenvalue weighted by Crippen LogP contribution is -2.11. The highest BCUT2D eigenvalue weighted by atomic mass is 16.1. The van der Waals surface area contributed by atoms with Crippen molar-refractivity contribution in [2.24, 2.45) is 5.92 Å². The zero-order valence-corrected chi connectivity index (χ0v) is 14.4. The molecule has 1 heteroatoms. The Hall–Kier alpha value is -2.15. The van der Waals surface area contributed by atoms with Gasteiger partial charge in [0.05, 0.1) is 0 Å². The van der Waals surface area contributed by atoms with Gasteiger partial charge in [-0.15, -0.1) is 0 Å². The summed E-state index contributed by atoms with van der Waals surface area (Å²) in [6, 6.07) is 16.8. The van der Waals surface area contributed by atoms with Crippen LogP contribution in [0.3, 0.4) is 0 Å². The number of carbonyl (C=O) groups is 1. The highest BCUT2D eigenvalue weighted by Gasteiger charge is 2.20. The maximum absolute atomic E-state index is 10.8. The van der Waals surface area contributed by atoms with Gasteiger partial charge in [-0.05, 0) is 60.6 Å². The van der Waals surface area contributed by atoms with Crippen molar-refractivity contribution >= 4 is 6.29 Å². The largest absolute Gasteiger partial charge is 0.298 e. The number of rotatable bonds is 5. The first-order valence-electron chi connectivity index (χ1n) is 9.12. The molecule has 3 rings (SSSR count). The molecule has 0 aromatic heterocycles. The molecule has 0 atom stereocenters. The van der Waals surface area contributed by atoms with E-state index in [4.69, 9.17) is 0 Å². The van der Waals surface area contributed by atoms with Crippen molar-refractivity contribution in [1.29, 1.82) is 0 Å². The van der Waals surface area contributed by atoms with Crippen molar-refractivity contribution in [3.63, 3.8) is 0 Å². The third-order valence-electron chi connectivity index (χ3n) is 5.18. The molecule has 0 amide bonds. The van der Waals surface area contributed by atoms with Gasteiger partial charge in [0, 0.05) is 5.56 Å². The van der Waals surface area contributed by atoms with E-state index in [9.17, 15) is 4.79 Å². The Balaban J connectivity index is 1.64. The second kappa shape index (κ2) is 8.10. The molecule has 2 aromatic rings. The van der Waals surface area contributed by atoms with Crippen LogP contribution in [0.5, 0.6) is 0 Å². The summed E-state index contributed by atoms with van der Waals surface area (Å²) in [5.41, 5.74) is 4.58. The number of hydrogen-bond donors (Lipinski definition) is 0. The predicted octanol–water partition coefficient (Wildman–Crippen LogP) is 6.41. The van der Waals surface area contributed by atoms with Gasteiger partial charge >= 0.3 is 0 Å². The minimum atomic E-state index is 0.711. The van der Waals surface area contributed by atoms with E-state index in [2.05, 4.69) is 43.3 Å². The summed E-state index contributed by atoms with van der Waals surface area (Å²) in [7, 11) is 0. The molecule has 2 aromatic carbocycles. The van der Waals surface area contributed by atoms with Gasteiger partial charge in [-0.2, -0.15) is 0 Å². The normalized spacial score (nSPS) is 21.0. The Bertz CT molecular complexity index is 671. The van der Waals surface area contributed by atoms with Gasteiger partial charge in [0.1, 0.15) is 6.29 Å². The standard InChI is InChI=1S/C23H26O/c1-2-3-4-18-5-9-20(10-6-18)22-13-15-23(16-14-22)21-11-7-19(17-24)8-12-21/h3-4,7-8,11-18,20H,2,5-6,9-10H2,1H3. The van der Waals surface area contributed by atoms with Crippen LogP contribution in [0.2, 0.25) is 0 Å². The van der Waals surface area contributed by atoms with Crippen molar-refractivity contribution < 1.29 is 4.79 Å². The van der Waals surface area contributed by atoms with E-state index in [0.717, 1.165) is 24.2 Å². The van der Waals surface area contributed by atoms with Gasteiger partial charge in [0.25, 0.3) is 0 Å². The van der Waals surface area contributed by atoms with E-state index in [0.29, 0.717) is 5.92 Å². The molecule has 1 fully saturated rings. The van der Waals surface area contributed by atoms with Crippen molar-refractivity contribution in [3.05, 3.63) is 71.8 Å². The molecule has 0 aliphatic heterocycles. The van der Waals surface area contributed by atoms with Crippen LogP contribution < -0.4 is 0 Å². The molecule has 124 valence electrons. The van der Waals surface area contributed by atoms with E-state index in [-0.39, 0.29) is 0 Å². The Morgan fingerprint density at radius 1 is 0.875 bits per heavy atom. The second-order valence-electron chi connectivity index (χ2n) is 6.81. The molecule has 0 unspecified atom stereocenters. The number of aldehydes is 1. The molecule has 24 heavy (non-hydrogen) atoms. The average molecular weight is 318 g/mol. The molecule has 0 radical (unpaired) electrons. The van der Waals surface area contributed by atoms with Gasteiger partial charge in [0.2, 0.25) is 0 Å². The monoisotopic (exact) mass is 318 g/mol. The summed E-state index contributed by atoms with van der Waals surface area (Å²) in [5, 5.41) is 0. The smallest absolute Gasteiger partial charge is 0.150 e. The van der Waals surface area contributed by atoms with Gasteiger partial charge in [-0.3, -0.25) is 4.79 Å². The lowest BCUT2D eigenvalue weighted by molar-refractivity contribution is 0.112. The molecule has 0 saturated heterocycles. The quantitative estimate of drug-likeness (QED) is 0.460. The first-order chi connectivity index (χ1) is 11.8. The van der Waals surface area contributed by atoms with E-state index in [1.807, 2.05) is 24.3 Å². The van der Waals surface area contributed by atoms with Crippen LogP contribution >= 0.6 is 0 Å². The third kappa shape index (κ3) is 4.03. The van der Waals surface area contributed by atoms with E-state index < -0.39 is 0 Å². The summed E-state index contributed by atoms with van der Waals surface area (Å²) in [6.07, 6.45) is 12.0. The summed E-state index contributed by atoms with van der Waals surface area (Å²) >= 11 is 0. The topological polar surface area (TPSA) is 17.1 Å². The summed E-state index contributed by atoms with van der Waals surface area (Å²) in [5.74, 6) is 1.50. The molecule has 0 N–H and O–H groups in total. The summed E-state index contributed by atoms with van der Waals surface area (Å²) in [4.78, 5) is 10.8. The van der Waals surface area contributed by atoms with Crippen molar-refractivity contribution in [2.75, 3.05) is 0 Å². The lowest BCUT2D eigenvalue weighted by Gasteiger charge is -2.27. The fourth-order valence-corrected chi connectivity index (χ4v) is 3.68. The van der Waals surface area contributed by atoms with Crippen molar-refractivity contribution in [1.82, 2.24) is 0 Å². The second-order valence-corrected chi connectivity index (χ2v) is 6.81. The van der Waals surface area contributed by atoms with Crippen LogP contribution in [0, 0.1) is 5.92 Å². The Kier molecular flexibility index (Phi) is 5.63. The highest BCUT2D eigenvalue weighted by Crippen LogP contribution is 2.37. The molecule has 0 bridgehead atoms. The molecular formula is C23H26O. The number of allylic oxidation sites excluding steroid dienone is 2. The Morgan fingerprint density at radius 2 is 1.46 bits per heavy atom. The number of benzene rings is 2. The van der Waals surface area contributed by atoms with E-state index >= 15 is 0 Å². The summed E-state index contributed by atoms with van der Waals surface area (Å²) in [6.45, 7) is 2.20. The van der Waals surface area contributed by atoms with E-state index in [1.54, 1.807) is 0 Å². The molecule has 0 spiro atoms. The van der Waals surface area contributed by atoms with Gasteiger partial charge in [0.15, 0.2) is 0 Å². The molecule has 1 aliphatic carbocycles. The fourth-order valence-electron chi connectivity index (χ4n) is 3.68. The molecule has 0 heterocycles. The lowest BCUT2D eigenvalue weighted by atomic mass is 9.78. The number of carbonyl (C=O) groups excluding carboxylic acids is 1. The molecular weight excluding hydrogens is 292 g/mol. The zero-order valence-electron chi connectivity index (χ0n) is 14.4. The molecule has 1 aliphatic rings.